The van der Waals surface area contributed by atoms with Crippen LogP contribution in [0.2, 0.25) is 0 Å². The van der Waals surface area contributed by atoms with E-state index in [0.717, 1.165) is 6.42 Å². The SMILES string of the molecule is CC1(C)CC=C[C@]2(C)OC(=O)C[C@@H]2O1. The van der Waals surface area contributed by atoms with Gasteiger partial charge in [0.1, 0.15) is 6.10 Å². The van der Waals surface area contributed by atoms with Crippen LogP contribution in [-0.4, -0.2) is 23.3 Å². The summed E-state index contributed by atoms with van der Waals surface area (Å²) in [6.07, 6.45) is 5.08. The molecule has 0 aromatic heterocycles. The molecule has 14 heavy (non-hydrogen) atoms. The minimum Gasteiger partial charge on any atom is -0.452 e. The van der Waals surface area contributed by atoms with Gasteiger partial charge in [-0.1, -0.05) is 6.08 Å². The zero-order valence-electron chi connectivity index (χ0n) is 8.87. The standard InChI is InChI=1S/C11H16O3/c1-10(2)5-4-6-11(3)8(13-10)7-9(12)14-11/h4,6,8H,5,7H2,1-3H3/t8-,11-/m0/s1. The highest BCUT2D eigenvalue weighted by Crippen LogP contribution is 2.37. The number of hydrogen-bond donors (Lipinski definition) is 0. The van der Waals surface area contributed by atoms with Gasteiger partial charge in [0.25, 0.3) is 0 Å². The van der Waals surface area contributed by atoms with Gasteiger partial charge in [-0.25, -0.2) is 0 Å². The van der Waals surface area contributed by atoms with Gasteiger partial charge >= 0.3 is 5.97 Å². The van der Waals surface area contributed by atoms with E-state index in [2.05, 4.69) is 0 Å². The van der Waals surface area contributed by atoms with Crippen LogP contribution in [0.3, 0.4) is 0 Å². The summed E-state index contributed by atoms with van der Waals surface area (Å²) in [6.45, 7) is 5.97. The Kier molecular flexibility index (Phi) is 1.96. The average molecular weight is 196 g/mol. The molecular weight excluding hydrogens is 180 g/mol. The number of carbonyl (C=O) groups excluding carboxylic acids is 1. The van der Waals surface area contributed by atoms with Gasteiger partial charge in [-0.15, -0.1) is 0 Å². The van der Waals surface area contributed by atoms with E-state index >= 15 is 0 Å². The fourth-order valence-electron chi connectivity index (χ4n) is 2.02. The van der Waals surface area contributed by atoms with E-state index in [-0.39, 0.29) is 17.7 Å². The topological polar surface area (TPSA) is 35.5 Å². The van der Waals surface area contributed by atoms with Crippen LogP contribution in [-0.2, 0) is 14.3 Å². The van der Waals surface area contributed by atoms with E-state index in [0.29, 0.717) is 6.42 Å². The molecule has 2 aliphatic rings. The molecule has 1 saturated heterocycles. The summed E-state index contributed by atoms with van der Waals surface area (Å²) in [5.41, 5.74) is -0.752. The summed E-state index contributed by atoms with van der Waals surface area (Å²) in [5, 5.41) is 0. The number of fused-ring (bicyclic) bond motifs is 1. The second-order valence-corrected chi connectivity index (χ2v) is 4.83. The zero-order chi connectivity index (χ0) is 10.4. The predicted molar refractivity (Wildman–Crippen MR) is 51.8 cm³/mol. The van der Waals surface area contributed by atoms with Crippen molar-refractivity contribution in [3.63, 3.8) is 0 Å². The van der Waals surface area contributed by atoms with Gasteiger partial charge in [0, 0.05) is 0 Å². The van der Waals surface area contributed by atoms with Crippen molar-refractivity contribution in [1.29, 1.82) is 0 Å². The second kappa shape index (κ2) is 2.83. The van der Waals surface area contributed by atoms with Gasteiger partial charge in [0.15, 0.2) is 5.60 Å². The summed E-state index contributed by atoms with van der Waals surface area (Å²) >= 11 is 0. The lowest BCUT2D eigenvalue weighted by molar-refractivity contribution is -0.148. The molecule has 2 aliphatic heterocycles. The van der Waals surface area contributed by atoms with Crippen LogP contribution in [0, 0.1) is 0 Å². The molecule has 0 spiro atoms. The Morgan fingerprint density at radius 2 is 2.14 bits per heavy atom. The number of rotatable bonds is 0. The molecule has 0 saturated carbocycles. The Labute approximate surface area is 84.1 Å². The van der Waals surface area contributed by atoms with Crippen molar-refractivity contribution in [2.24, 2.45) is 0 Å². The Morgan fingerprint density at radius 3 is 2.86 bits per heavy atom. The molecule has 2 atom stereocenters. The minimum atomic E-state index is -0.551. The summed E-state index contributed by atoms with van der Waals surface area (Å²) in [7, 11) is 0. The predicted octanol–water partition coefficient (Wildman–Crippen LogP) is 1.82. The second-order valence-electron chi connectivity index (χ2n) is 4.83. The molecule has 1 fully saturated rings. The Bertz CT molecular complexity index is 293. The molecule has 3 nitrogen and oxygen atoms in total. The molecule has 0 aromatic carbocycles. The van der Waals surface area contributed by atoms with E-state index < -0.39 is 5.60 Å². The Morgan fingerprint density at radius 1 is 1.43 bits per heavy atom. The molecule has 0 radical (unpaired) electrons. The fraction of sp³-hybridized carbons (Fsp3) is 0.727. The van der Waals surface area contributed by atoms with Gasteiger partial charge in [-0.05, 0) is 33.3 Å². The zero-order valence-corrected chi connectivity index (χ0v) is 8.87. The number of ether oxygens (including phenoxy) is 2. The summed E-state index contributed by atoms with van der Waals surface area (Å²) in [6, 6.07) is 0. The van der Waals surface area contributed by atoms with Crippen LogP contribution < -0.4 is 0 Å². The van der Waals surface area contributed by atoms with Gasteiger partial charge in [0.2, 0.25) is 0 Å². The average Bonchev–Trinajstić information content (AvgIpc) is 2.19. The van der Waals surface area contributed by atoms with Crippen LogP contribution in [0.1, 0.15) is 33.6 Å². The largest absolute Gasteiger partial charge is 0.452 e. The van der Waals surface area contributed by atoms with Gasteiger partial charge in [-0.3, -0.25) is 4.79 Å². The van der Waals surface area contributed by atoms with Crippen molar-refractivity contribution in [2.45, 2.75) is 50.9 Å². The molecule has 0 amide bonds. The van der Waals surface area contributed by atoms with E-state index in [1.54, 1.807) is 0 Å². The molecular formula is C11H16O3. The lowest BCUT2D eigenvalue weighted by atomic mass is 9.99. The maximum atomic E-state index is 11.2. The highest BCUT2D eigenvalue weighted by molar-refractivity contribution is 5.74. The van der Waals surface area contributed by atoms with Gasteiger partial charge < -0.3 is 9.47 Å². The first-order valence-electron chi connectivity index (χ1n) is 4.99. The van der Waals surface area contributed by atoms with Crippen LogP contribution >= 0.6 is 0 Å². The molecule has 0 bridgehead atoms. The van der Waals surface area contributed by atoms with E-state index in [4.69, 9.17) is 9.47 Å². The summed E-state index contributed by atoms with van der Waals surface area (Å²) in [4.78, 5) is 11.2. The summed E-state index contributed by atoms with van der Waals surface area (Å²) in [5.74, 6) is -0.167. The first kappa shape index (κ1) is 9.71. The van der Waals surface area contributed by atoms with Gasteiger partial charge in [-0.2, -0.15) is 0 Å². The van der Waals surface area contributed by atoms with Crippen molar-refractivity contribution >= 4 is 5.97 Å². The lowest BCUT2D eigenvalue weighted by Gasteiger charge is -2.30. The van der Waals surface area contributed by atoms with Gasteiger partial charge in [0.05, 0.1) is 12.0 Å². The third kappa shape index (κ3) is 1.57. The molecule has 2 rings (SSSR count). The Balaban J connectivity index is 2.28. The van der Waals surface area contributed by atoms with Crippen LogP contribution in [0.5, 0.6) is 0 Å². The van der Waals surface area contributed by atoms with Crippen molar-refractivity contribution < 1.29 is 14.3 Å². The third-order valence-corrected chi connectivity index (χ3v) is 2.84. The molecule has 0 aromatic rings. The van der Waals surface area contributed by atoms with Crippen molar-refractivity contribution in [3.05, 3.63) is 12.2 Å². The maximum Gasteiger partial charge on any atom is 0.309 e. The molecule has 0 unspecified atom stereocenters. The highest BCUT2D eigenvalue weighted by Gasteiger charge is 2.47. The minimum absolute atomic E-state index is 0.135. The normalized spacial score (nSPS) is 40.2. The number of hydrogen-bond acceptors (Lipinski definition) is 3. The van der Waals surface area contributed by atoms with E-state index in [9.17, 15) is 4.79 Å². The van der Waals surface area contributed by atoms with E-state index in [1.807, 2.05) is 32.9 Å². The van der Waals surface area contributed by atoms with Crippen LogP contribution in [0.25, 0.3) is 0 Å². The lowest BCUT2D eigenvalue weighted by Crippen LogP contribution is -2.39. The third-order valence-electron chi connectivity index (χ3n) is 2.84. The quantitative estimate of drug-likeness (QED) is 0.438. The first-order chi connectivity index (χ1) is 6.41. The molecule has 78 valence electrons. The van der Waals surface area contributed by atoms with Crippen molar-refractivity contribution in [1.82, 2.24) is 0 Å². The van der Waals surface area contributed by atoms with Crippen molar-refractivity contribution in [3.8, 4) is 0 Å². The van der Waals surface area contributed by atoms with Crippen LogP contribution in [0.15, 0.2) is 12.2 Å². The maximum absolute atomic E-state index is 11.2. The van der Waals surface area contributed by atoms with Crippen molar-refractivity contribution in [2.75, 3.05) is 0 Å². The van der Waals surface area contributed by atoms with E-state index in [1.165, 1.54) is 0 Å². The first-order valence-corrected chi connectivity index (χ1v) is 4.99. The van der Waals surface area contributed by atoms with Crippen LogP contribution in [0.4, 0.5) is 0 Å². The Hall–Kier alpha value is -0.830. The number of esters is 1. The molecule has 0 aliphatic carbocycles. The molecule has 2 heterocycles. The molecule has 3 heteroatoms. The monoisotopic (exact) mass is 196 g/mol. The highest BCUT2D eigenvalue weighted by atomic mass is 16.6. The summed E-state index contributed by atoms with van der Waals surface area (Å²) < 4.78 is 11.2. The smallest absolute Gasteiger partial charge is 0.309 e. The molecule has 0 N–H and O–H groups in total. The number of carbonyl (C=O) groups is 1. The fourth-order valence-corrected chi connectivity index (χ4v) is 2.02.